The standard InChI is InChI=1S/C40H72O8/c1-4-6-17-23-33(42)27-28-36-35(37(43)29-38(36)44)24-19-15-16-20-25-39(45)47-31-34(30-41)48-40(46)26-21-14-12-10-8-7-9-11-13-18-22-32(3)5-2/h27-28,32-36,38,41-42,44H,4-26,29-31H2,1-3H3/b28-27+/t32?,33-,34-,35+,36+,38+/m0/s1. The van der Waals surface area contributed by atoms with Gasteiger partial charge in [-0.1, -0.05) is 142 Å². The van der Waals surface area contributed by atoms with Gasteiger partial charge in [0.15, 0.2) is 6.10 Å². The second-order valence-corrected chi connectivity index (χ2v) is 14.4. The summed E-state index contributed by atoms with van der Waals surface area (Å²) >= 11 is 0. The van der Waals surface area contributed by atoms with Gasteiger partial charge in [0.1, 0.15) is 12.4 Å². The van der Waals surface area contributed by atoms with Gasteiger partial charge in [-0.15, -0.1) is 0 Å². The van der Waals surface area contributed by atoms with Crippen molar-refractivity contribution in [1.82, 2.24) is 0 Å². The van der Waals surface area contributed by atoms with Gasteiger partial charge in [-0.05, 0) is 31.6 Å². The predicted octanol–water partition coefficient (Wildman–Crippen LogP) is 8.57. The van der Waals surface area contributed by atoms with Crippen LogP contribution >= 0.6 is 0 Å². The molecule has 1 saturated carbocycles. The van der Waals surface area contributed by atoms with Crippen LogP contribution in [-0.4, -0.2) is 64.6 Å². The molecule has 0 amide bonds. The summed E-state index contributed by atoms with van der Waals surface area (Å²) < 4.78 is 10.6. The maximum Gasteiger partial charge on any atom is 0.306 e. The Bertz CT molecular complexity index is 858. The molecule has 1 unspecified atom stereocenters. The van der Waals surface area contributed by atoms with Crippen LogP contribution in [0.15, 0.2) is 12.2 Å². The van der Waals surface area contributed by atoms with Crippen LogP contribution in [0, 0.1) is 17.8 Å². The van der Waals surface area contributed by atoms with E-state index in [0.717, 1.165) is 63.7 Å². The van der Waals surface area contributed by atoms with Gasteiger partial charge in [0.25, 0.3) is 0 Å². The summed E-state index contributed by atoms with van der Waals surface area (Å²) in [5, 5.41) is 30.2. The van der Waals surface area contributed by atoms with Crippen LogP contribution in [0.25, 0.3) is 0 Å². The highest BCUT2D eigenvalue weighted by molar-refractivity contribution is 5.84. The van der Waals surface area contributed by atoms with Crippen molar-refractivity contribution in [2.24, 2.45) is 17.8 Å². The van der Waals surface area contributed by atoms with Crippen LogP contribution in [0.1, 0.15) is 175 Å². The number of hydrogen-bond donors (Lipinski definition) is 3. The first-order chi connectivity index (χ1) is 23.2. The molecule has 8 heteroatoms. The first-order valence-electron chi connectivity index (χ1n) is 19.7. The second kappa shape index (κ2) is 29.0. The van der Waals surface area contributed by atoms with E-state index in [-0.39, 0.29) is 55.6 Å². The maximum absolute atomic E-state index is 12.5. The molecule has 0 saturated heterocycles. The molecule has 0 aliphatic heterocycles. The van der Waals surface area contributed by atoms with Gasteiger partial charge in [-0.3, -0.25) is 14.4 Å². The number of unbranched alkanes of at least 4 members (excludes halogenated alkanes) is 14. The third-order valence-electron chi connectivity index (χ3n) is 9.99. The Morgan fingerprint density at radius 3 is 1.98 bits per heavy atom. The van der Waals surface area contributed by atoms with Gasteiger partial charge in [0.2, 0.25) is 0 Å². The van der Waals surface area contributed by atoms with E-state index in [1.165, 1.54) is 57.8 Å². The highest BCUT2D eigenvalue weighted by atomic mass is 16.6. The van der Waals surface area contributed by atoms with Crippen LogP contribution in [-0.2, 0) is 23.9 Å². The molecule has 1 aliphatic carbocycles. The van der Waals surface area contributed by atoms with Gasteiger partial charge >= 0.3 is 11.9 Å². The molecule has 280 valence electrons. The Morgan fingerprint density at radius 1 is 0.812 bits per heavy atom. The molecule has 1 aliphatic rings. The van der Waals surface area contributed by atoms with E-state index >= 15 is 0 Å². The van der Waals surface area contributed by atoms with Crippen LogP contribution in [0.3, 0.4) is 0 Å². The van der Waals surface area contributed by atoms with E-state index in [2.05, 4.69) is 20.8 Å². The summed E-state index contributed by atoms with van der Waals surface area (Å²) in [6.07, 6.45) is 24.5. The zero-order chi connectivity index (χ0) is 35.4. The third kappa shape index (κ3) is 22.0. The number of rotatable bonds is 31. The lowest BCUT2D eigenvalue weighted by molar-refractivity contribution is -0.161. The summed E-state index contributed by atoms with van der Waals surface area (Å²) in [4.78, 5) is 36.9. The number of aliphatic hydroxyl groups is 3. The Labute approximate surface area is 292 Å². The minimum absolute atomic E-state index is 0.0828. The smallest absolute Gasteiger partial charge is 0.306 e. The van der Waals surface area contributed by atoms with Crippen molar-refractivity contribution in [3.63, 3.8) is 0 Å². The topological polar surface area (TPSA) is 130 Å². The lowest BCUT2D eigenvalue weighted by Crippen LogP contribution is -2.28. The summed E-state index contributed by atoms with van der Waals surface area (Å²) in [7, 11) is 0. The van der Waals surface area contributed by atoms with Crippen molar-refractivity contribution in [2.75, 3.05) is 13.2 Å². The number of Topliss-reactive ketones (excluding diaryl/α,β-unsaturated/α-hetero) is 1. The number of aliphatic hydroxyl groups excluding tert-OH is 3. The summed E-state index contributed by atoms with van der Waals surface area (Å²) in [5.74, 6) is -0.280. The molecule has 6 atom stereocenters. The number of carbonyl (C=O) groups excluding carboxylic acids is 3. The summed E-state index contributed by atoms with van der Waals surface area (Å²) in [6.45, 7) is 6.19. The maximum atomic E-state index is 12.5. The number of ether oxygens (including phenoxy) is 2. The van der Waals surface area contributed by atoms with Crippen molar-refractivity contribution < 1.29 is 39.2 Å². The largest absolute Gasteiger partial charge is 0.462 e. The highest BCUT2D eigenvalue weighted by Gasteiger charge is 2.39. The SMILES string of the molecule is CCCCC[C@H](O)/C=C/[C@H]1[C@H](O)CC(=O)[C@@H]1CCCCCCC(=O)OC[C@H](CO)OC(=O)CCCCCCCCCCCCC(C)CC. The average Bonchev–Trinajstić information content (AvgIpc) is 3.34. The van der Waals surface area contributed by atoms with Gasteiger partial charge in [-0.2, -0.15) is 0 Å². The number of hydrogen-bond acceptors (Lipinski definition) is 8. The van der Waals surface area contributed by atoms with E-state index in [4.69, 9.17) is 9.47 Å². The molecule has 0 aromatic carbocycles. The molecule has 1 rings (SSSR count). The van der Waals surface area contributed by atoms with E-state index in [1.807, 2.05) is 6.08 Å². The van der Waals surface area contributed by atoms with Gasteiger partial charge in [-0.25, -0.2) is 0 Å². The Morgan fingerprint density at radius 2 is 1.38 bits per heavy atom. The molecule has 48 heavy (non-hydrogen) atoms. The predicted molar refractivity (Wildman–Crippen MR) is 192 cm³/mol. The highest BCUT2D eigenvalue weighted by Crippen LogP contribution is 2.34. The molecule has 1 fully saturated rings. The number of carbonyl (C=O) groups is 3. The van der Waals surface area contributed by atoms with E-state index in [9.17, 15) is 29.7 Å². The van der Waals surface area contributed by atoms with Crippen LogP contribution in [0.4, 0.5) is 0 Å². The number of ketones is 1. The molecule has 0 bridgehead atoms. The van der Waals surface area contributed by atoms with E-state index in [1.54, 1.807) is 6.08 Å². The minimum atomic E-state index is -0.842. The van der Waals surface area contributed by atoms with Gasteiger partial charge < -0.3 is 24.8 Å². The van der Waals surface area contributed by atoms with Crippen LogP contribution in [0.2, 0.25) is 0 Å². The molecule has 0 aromatic rings. The minimum Gasteiger partial charge on any atom is -0.462 e. The monoisotopic (exact) mass is 681 g/mol. The zero-order valence-corrected chi connectivity index (χ0v) is 30.9. The fraction of sp³-hybridized carbons (Fsp3) is 0.875. The Balaban J connectivity index is 2.09. The first-order valence-corrected chi connectivity index (χ1v) is 19.7. The molecular weight excluding hydrogens is 608 g/mol. The molecule has 0 spiro atoms. The van der Waals surface area contributed by atoms with Crippen LogP contribution < -0.4 is 0 Å². The molecule has 0 heterocycles. The Kier molecular flexibility index (Phi) is 26.7. The fourth-order valence-corrected chi connectivity index (χ4v) is 6.54. The lowest BCUT2D eigenvalue weighted by Gasteiger charge is -2.18. The summed E-state index contributed by atoms with van der Waals surface area (Å²) in [5.41, 5.74) is 0. The lowest BCUT2D eigenvalue weighted by atomic mass is 9.88. The van der Waals surface area contributed by atoms with Gasteiger partial charge in [0, 0.05) is 31.1 Å². The average molecular weight is 681 g/mol. The zero-order valence-electron chi connectivity index (χ0n) is 30.9. The van der Waals surface area contributed by atoms with E-state index < -0.39 is 18.3 Å². The van der Waals surface area contributed by atoms with Crippen molar-refractivity contribution in [2.45, 2.75) is 193 Å². The molecular formula is C40H72O8. The first kappa shape index (κ1) is 44.3. The number of esters is 2. The second-order valence-electron chi connectivity index (χ2n) is 14.4. The van der Waals surface area contributed by atoms with Crippen molar-refractivity contribution in [1.29, 1.82) is 0 Å². The van der Waals surface area contributed by atoms with E-state index in [0.29, 0.717) is 25.7 Å². The normalized spacial score (nSPS) is 19.9. The fourth-order valence-electron chi connectivity index (χ4n) is 6.54. The van der Waals surface area contributed by atoms with Gasteiger partial charge in [0.05, 0.1) is 18.8 Å². The van der Waals surface area contributed by atoms with Crippen LogP contribution in [0.5, 0.6) is 0 Å². The molecule has 8 nitrogen and oxygen atoms in total. The van der Waals surface area contributed by atoms with Crippen molar-refractivity contribution >= 4 is 17.7 Å². The van der Waals surface area contributed by atoms with Crippen molar-refractivity contribution in [3.8, 4) is 0 Å². The molecule has 3 N–H and O–H groups in total. The summed E-state index contributed by atoms with van der Waals surface area (Å²) in [6, 6.07) is 0. The molecule has 0 aromatic heterocycles. The quantitative estimate of drug-likeness (QED) is 0.0377. The Hall–Kier alpha value is -1.77. The molecule has 0 radical (unpaired) electrons. The third-order valence-corrected chi connectivity index (χ3v) is 9.99. The van der Waals surface area contributed by atoms with Crippen molar-refractivity contribution in [3.05, 3.63) is 12.2 Å².